The number of hydrogen-bond donors (Lipinski definition) is 1. The molecule has 1 N–H and O–H groups in total. The Bertz CT molecular complexity index is 824. The number of carbonyl (C=O) groups is 1. The van der Waals surface area contributed by atoms with E-state index in [4.69, 9.17) is 4.52 Å². The molecule has 0 bridgehead atoms. The van der Waals surface area contributed by atoms with E-state index in [1.54, 1.807) is 0 Å². The molecular formula is C16H16N4O2S. The van der Waals surface area contributed by atoms with Gasteiger partial charge in [0, 0.05) is 12.5 Å². The number of nitrogens with one attached hydrogen (secondary N) is 1. The maximum atomic E-state index is 11.2. The van der Waals surface area contributed by atoms with Gasteiger partial charge in [-0.1, -0.05) is 60.7 Å². The Balaban J connectivity index is 1.99. The minimum Gasteiger partial charge on any atom is -0.333 e. The molecule has 0 fully saturated rings. The van der Waals surface area contributed by atoms with Gasteiger partial charge in [0.1, 0.15) is 4.88 Å². The van der Waals surface area contributed by atoms with Crippen LogP contribution in [0.3, 0.4) is 0 Å². The second-order valence-electron chi connectivity index (χ2n) is 5.36. The van der Waals surface area contributed by atoms with E-state index >= 15 is 0 Å². The Hall–Kier alpha value is -2.54. The Kier molecular flexibility index (Phi) is 4.20. The summed E-state index contributed by atoms with van der Waals surface area (Å²) in [4.78, 5) is 21.0. The van der Waals surface area contributed by atoms with Crippen molar-refractivity contribution in [2.75, 3.05) is 5.32 Å². The van der Waals surface area contributed by atoms with Crippen molar-refractivity contribution in [2.45, 2.75) is 26.7 Å². The predicted octanol–water partition coefficient (Wildman–Crippen LogP) is 3.94. The molecule has 6 nitrogen and oxygen atoms in total. The summed E-state index contributed by atoms with van der Waals surface area (Å²) in [5.74, 6) is 0.971. The number of aromatic nitrogens is 3. The number of hydrogen-bond acceptors (Lipinski definition) is 6. The Labute approximate surface area is 137 Å². The van der Waals surface area contributed by atoms with Crippen molar-refractivity contribution in [1.29, 1.82) is 0 Å². The van der Waals surface area contributed by atoms with Crippen molar-refractivity contribution in [1.82, 2.24) is 15.1 Å². The summed E-state index contributed by atoms with van der Waals surface area (Å²) in [5.41, 5.74) is 1.72. The van der Waals surface area contributed by atoms with Crippen LogP contribution in [0.4, 0.5) is 5.13 Å². The standard InChI is InChI=1S/C16H16N4O2S/c1-9(2)12-13(23-16(18-12)17-10(3)21)15-19-14(20-22-15)11-7-5-4-6-8-11/h4-9H,1-3H3,(H,17,18,21). The third-order valence-corrected chi connectivity index (χ3v) is 4.11. The summed E-state index contributed by atoms with van der Waals surface area (Å²) in [6.07, 6.45) is 0. The zero-order valence-corrected chi connectivity index (χ0v) is 13.8. The van der Waals surface area contributed by atoms with Gasteiger partial charge in [0.2, 0.25) is 11.7 Å². The van der Waals surface area contributed by atoms with Crippen LogP contribution in [0.25, 0.3) is 22.2 Å². The minimum absolute atomic E-state index is 0.156. The van der Waals surface area contributed by atoms with Crippen molar-refractivity contribution in [3.05, 3.63) is 36.0 Å². The molecule has 0 aliphatic carbocycles. The summed E-state index contributed by atoms with van der Waals surface area (Å²) in [6.45, 7) is 5.52. The highest BCUT2D eigenvalue weighted by Gasteiger charge is 2.21. The van der Waals surface area contributed by atoms with E-state index in [-0.39, 0.29) is 11.8 Å². The van der Waals surface area contributed by atoms with E-state index < -0.39 is 0 Å². The van der Waals surface area contributed by atoms with Crippen LogP contribution < -0.4 is 5.32 Å². The SMILES string of the molecule is CC(=O)Nc1nc(C(C)C)c(-c2nc(-c3ccccc3)no2)s1. The number of thiazole rings is 1. The van der Waals surface area contributed by atoms with E-state index in [0.29, 0.717) is 16.8 Å². The maximum absolute atomic E-state index is 11.2. The van der Waals surface area contributed by atoms with Gasteiger partial charge in [0.05, 0.1) is 5.69 Å². The molecule has 2 aromatic heterocycles. The first-order chi connectivity index (χ1) is 11.0. The number of nitrogens with zero attached hydrogens (tertiary/aromatic N) is 3. The van der Waals surface area contributed by atoms with Crippen molar-refractivity contribution < 1.29 is 9.32 Å². The average molecular weight is 328 g/mol. The van der Waals surface area contributed by atoms with Crippen molar-refractivity contribution >= 4 is 22.4 Å². The van der Waals surface area contributed by atoms with E-state index in [0.717, 1.165) is 16.1 Å². The third kappa shape index (κ3) is 3.29. The zero-order chi connectivity index (χ0) is 16.4. The third-order valence-electron chi connectivity index (χ3n) is 3.14. The molecule has 118 valence electrons. The smallest absolute Gasteiger partial charge is 0.270 e. The predicted molar refractivity (Wildman–Crippen MR) is 89.2 cm³/mol. The largest absolute Gasteiger partial charge is 0.333 e. The average Bonchev–Trinajstić information content (AvgIpc) is 3.14. The van der Waals surface area contributed by atoms with Gasteiger partial charge in [0.25, 0.3) is 5.89 Å². The normalized spacial score (nSPS) is 11.0. The molecule has 3 aromatic rings. The van der Waals surface area contributed by atoms with Crippen molar-refractivity contribution in [3.63, 3.8) is 0 Å². The van der Waals surface area contributed by atoms with E-state index in [1.165, 1.54) is 18.3 Å². The first-order valence-electron chi connectivity index (χ1n) is 7.22. The molecule has 0 saturated carbocycles. The minimum atomic E-state index is -0.156. The highest BCUT2D eigenvalue weighted by molar-refractivity contribution is 7.19. The first-order valence-corrected chi connectivity index (χ1v) is 8.04. The lowest BCUT2D eigenvalue weighted by molar-refractivity contribution is -0.114. The van der Waals surface area contributed by atoms with Gasteiger partial charge < -0.3 is 9.84 Å². The van der Waals surface area contributed by atoms with Gasteiger partial charge in [-0.2, -0.15) is 4.98 Å². The maximum Gasteiger partial charge on any atom is 0.270 e. The molecule has 0 radical (unpaired) electrons. The molecule has 2 heterocycles. The summed E-state index contributed by atoms with van der Waals surface area (Å²) < 4.78 is 5.41. The Morgan fingerprint density at radius 3 is 2.61 bits per heavy atom. The van der Waals surface area contributed by atoms with E-state index in [9.17, 15) is 4.79 Å². The molecule has 0 atom stereocenters. The molecule has 23 heavy (non-hydrogen) atoms. The molecule has 1 aromatic carbocycles. The molecule has 0 unspecified atom stereocenters. The van der Waals surface area contributed by atoms with Crippen LogP contribution in [0.5, 0.6) is 0 Å². The number of carbonyl (C=O) groups excluding carboxylic acids is 1. The molecule has 1 amide bonds. The highest BCUT2D eigenvalue weighted by atomic mass is 32.1. The lowest BCUT2D eigenvalue weighted by atomic mass is 10.1. The van der Waals surface area contributed by atoms with Crippen LogP contribution in [0.2, 0.25) is 0 Å². The Morgan fingerprint density at radius 2 is 1.96 bits per heavy atom. The summed E-state index contributed by atoms with van der Waals surface area (Å²) in [5, 5.41) is 7.28. The highest BCUT2D eigenvalue weighted by Crippen LogP contribution is 2.36. The second kappa shape index (κ2) is 6.29. The number of rotatable bonds is 4. The van der Waals surface area contributed by atoms with Crippen LogP contribution in [-0.4, -0.2) is 21.0 Å². The van der Waals surface area contributed by atoms with Crippen LogP contribution >= 0.6 is 11.3 Å². The molecule has 3 rings (SSSR count). The van der Waals surface area contributed by atoms with E-state index in [1.807, 2.05) is 44.2 Å². The van der Waals surface area contributed by atoms with Crippen molar-refractivity contribution in [2.24, 2.45) is 0 Å². The van der Waals surface area contributed by atoms with Crippen LogP contribution in [0, 0.1) is 0 Å². The lowest BCUT2D eigenvalue weighted by Crippen LogP contribution is -2.05. The fraction of sp³-hybridized carbons (Fsp3) is 0.250. The molecule has 0 spiro atoms. The second-order valence-corrected chi connectivity index (χ2v) is 6.36. The Morgan fingerprint density at radius 1 is 1.22 bits per heavy atom. The molecule has 7 heteroatoms. The molecule has 0 aliphatic heterocycles. The summed E-state index contributed by atoms with van der Waals surface area (Å²) >= 11 is 1.34. The first kappa shape index (κ1) is 15.4. The fourth-order valence-corrected chi connectivity index (χ4v) is 3.19. The van der Waals surface area contributed by atoms with Gasteiger partial charge in [-0.25, -0.2) is 4.98 Å². The van der Waals surface area contributed by atoms with Crippen LogP contribution in [-0.2, 0) is 4.79 Å². The summed E-state index contributed by atoms with van der Waals surface area (Å²) in [6, 6.07) is 9.63. The van der Waals surface area contributed by atoms with Crippen molar-refractivity contribution in [3.8, 4) is 22.2 Å². The van der Waals surface area contributed by atoms with Gasteiger partial charge in [-0.15, -0.1) is 0 Å². The lowest BCUT2D eigenvalue weighted by Gasteiger charge is -2.00. The number of benzene rings is 1. The van der Waals surface area contributed by atoms with E-state index in [2.05, 4.69) is 20.4 Å². The van der Waals surface area contributed by atoms with Gasteiger partial charge >= 0.3 is 0 Å². The zero-order valence-electron chi connectivity index (χ0n) is 13.0. The molecule has 0 aliphatic rings. The van der Waals surface area contributed by atoms with Gasteiger partial charge in [0.15, 0.2) is 5.13 Å². The van der Waals surface area contributed by atoms with Gasteiger partial charge in [-0.05, 0) is 5.92 Å². The van der Waals surface area contributed by atoms with Gasteiger partial charge in [-0.3, -0.25) is 4.79 Å². The number of anilines is 1. The van der Waals surface area contributed by atoms with Crippen LogP contribution in [0.15, 0.2) is 34.9 Å². The quantitative estimate of drug-likeness (QED) is 0.784. The fourth-order valence-electron chi connectivity index (χ4n) is 2.10. The van der Waals surface area contributed by atoms with Crippen LogP contribution in [0.1, 0.15) is 32.4 Å². The number of amides is 1. The summed E-state index contributed by atoms with van der Waals surface area (Å²) in [7, 11) is 0. The monoisotopic (exact) mass is 328 g/mol. The molecular weight excluding hydrogens is 312 g/mol. The topological polar surface area (TPSA) is 80.9 Å². The molecule has 0 saturated heterocycles.